The molecule has 3 aromatic rings. The molecule has 3 heterocycles. The van der Waals surface area contributed by atoms with E-state index in [-0.39, 0.29) is 0 Å². The smallest absolute Gasteiger partial charge is 0.123 e. The minimum Gasteiger partial charge on any atom is -0.496 e. The van der Waals surface area contributed by atoms with Crippen molar-refractivity contribution in [3.05, 3.63) is 65.7 Å². The molecule has 1 saturated heterocycles. The molecule has 1 aliphatic rings. The van der Waals surface area contributed by atoms with E-state index in [1.807, 2.05) is 12.1 Å². The minimum absolute atomic E-state index is 0.495. The molecule has 2 aromatic heterocycles. The fourth-order valence-corrected chi connectivity index (χ4v) is 4.02. The normalized spacial score (nSPS) is 18.6. The number of pyridine rings is 1. The molecule has 4 heteroatoms. The summed E-state index contributed by atoms with van der Waals surface area (Å²) in [6, 6.07) is 14.7. The van der Waals surface area contributed by atoms with Crippen LogP contribution < -0.4 is 4.74 Å². The molecular formula is C21H25N3O. The molecule has 1 aromatic carbocycles. The van der Waals surface area contributed by atoms with Crippen LogP contribution in [0.4, 0.5) is 0 Å². The number of ether oxygens (including phenoxy) is 1. The van der Waals surface area contributed by atoms with Crippen LogP contribution in [0.5, 0.6) is 5.75 Å². The Morgan fingerprint density at radius 1 is 1.16 bits per heavy atom. The van der Waals surface area contributed by atoms with E-state index in [4.69, 9.17) is 9.72 Å². The lowest BCUT2D eigenvalue weighted by Gasteiger charge is -2.32. The number of imidazole rings is 1. The number of rotatable bonds is 4. The van der Waals surface area contributed by atoms with Crippen LogP contribution in [-0.2, 0) is 6.54 Å². The summed E-state index contributed by atoms with van der Waals surface area (Å²) in [5, 5.41) is 0. The predicted molar refractivity (Wildman–Crippen MR) is 100 cm³/mol. The lowest BCUT2D eigenvalue weighted by Crippen LogP contribution is -2.34. The molecule has 0 amide bonds. The van der Waals surface area contributed by atoms with Crippen molar-refractivity contribution in [3.63, 3.8) is 0 Å². The standard InChI is InChI=1S/C21H25N3O/c1-16-22-21(19-10-5-6-13-24(16)19)18-9-7-12-23(15-18)14-17-8-3-4-11-20(17)25-2/h3-6,8,10-11,13,18H,7,9,12,14-15H2,1-2H3/t18-/m0/s1. The van der Waals surface area contributed by atoms with E-state index >= 15 is 0 Å². The fraction of sp³-hybridized carbons (Fsp3) is 0.381. The zero-order valence-electron chi connectivity index (χ0n) is 15.0. The number of aryl methyl sites for hydroxylation is 1. The summed E-state index contributed by atoms with van der Waals surface area (Å²) in [6.45, 7) is 5.22. The highest BCUT2D eigenvalue weighted by molar-refractivity contribution is 5.54. The summed E-state index contributed by atoms with van der Waals surface area (Å²) < 4.78 is 7.72. The maximum absolute atomic E-state index is 5.52. The maximum Gasteiger partial charge on any atom is 0.123 e. The van der Waals surface area contributed by atoms with Crippen molar-refractivity contribution in [2.45, 2.75) is 32.2 Å². The number of para-hydroxylation sites is 1. The van der Waals surface area contributed by atoms with Crippen LogP contribution in [0.15, 0.2) is 48.7 Å². The first-order valence-corrected chi connectivity index (χ1v) is 9.04. The topological polar surface area (TPSA) is 29.8 Å². The molecule has 1 fully saturated rings. The Labute approximate surface area is 149 Å². The van der Waals surface area contributed by atoms with Gasteiger partial charge in [-0.3, -0.25) is 4.90 Å². The molecular weight excluding hydrogens is 310 g/mol. The molecule has 1 atom stereocenters. The van der Waals surface area contributed by atoms with Gasteiger partial charge in [0.25, 0.3) is 0 Å². The Morgan fingerprint density at radius 2 is 2.00 bits per heavy atom. The Bertz CT molecular complexity index is 870. The summed E-state index contributed by atoms with van der Waals surface area (Å²) in [4.78, 5) is 7.44. The quantitative estimate of drug-likeness (QED) is 0.721. The highest BCUT2D eigenvalue weighted by Gasteiger charge is 2.25. The number of fused-ring (bicyclic) bond motifs is 1. The second kappa shape index (κ2) is 6.89. The van der Waals surface area contributed by atoms with Crippen molar-refractivity contribution < 1.29 is 4.74 Å². The van der Waals surface area contributed by atoms with Gasteiger partial charge in [0.15, 0.2) is 0 Å². The number of aromatic nitrogens is 2. The van der Waals surface area contributed by atoms with Gasteiger partial charge in [-0.15, -0.1) is 0 Å². The first-order valence-electron chi connectivity index (χ1n) is 9.04. The minimum atomic E-state index is 0.495. The second-order valence-electron chi connectivity index (χ2n) is 6.89. The van der Waals surface area contributed by atoms with E-state index in [1.165, 1.54) is 29.6 Å². The molecule has 0 N–H and O–H groups in total. The third-order valence-corrected chi connectivity index (χ3v) is 5.23. The van der Waals surface area contributed by atoms with Crippen LogP contribution in [0.3, 0.4) is 0 Å². The molecule has 0 spiro atoms. The van der Waals surface area contributed by atoms with Gasteiger partial charge in [-0.05, 0) is 44.5 Å². The van der Waals surface area contributed by atoms with Crippen molar-refractivity contribution in [3.8, 4) is 5.75 Å². The van der Waals surface area contributed by atoms with Gasteiger partial charge >= 0.3 is 0 Å². The Kier molecular flexibility index (Phi) is 4.45. The van der Waals surface area contributed by atoms with E-state index < -0.39 is 0 Å². The van der Waals surface area contributed by atoms with Crippen molar-refractivity contribution in [2.75, 3.05) is 20.2 Å². The monoisotopic (exact) mass is 335 g/mol. The van der Waals surface area contributed by atoms with Crippen molar-refractivity contribution in [1.29, 1.82) is 0 Å². The number of piperidine rings is 1. The molecule has 0 radical (unpaired) electrons. The van der Waals surface area contributed by atoms with E-state index in [1.54, 1.807) is 7.11 Å². The average molecular weight is 335 g/mol. The third-order valence-electron chi connectivity index (χ3n) is 5.23. The molecule has 1 aliphatic heterocycles. The lowest BCUT2D eigenvalue weighted by molar-refractivity contribution is 0.197. The van der Waals surface area contributed by atoms with E-state index in [0.29, 0.717) is 5.92 Å². The number of hydrogen-bond donors (Lipinski definition) is 0. The Balaban J connectivity index is 1.56. The Hall–Kier alpha value is -2.33. The van der Waals surface area contributed by atoms with Gasteiger partial charge in [-0.2, -0.15) is 0 Å². The highest BCUT2D eigenvalue weighted by Crippen LogP contribution is 2.31. The molecule has 0 aliphatic carbocycles. The van der Waals surface area contributed by atoms with Gasteiger partial charge in [-0.1, -0.05) is 24.3 Å². The lowest BCUT2D eigenvalue weighted by atomic mass is 9.93. The molecule has 25 heavy (non-hydrogen) atoms. The highest BCUT2D eigenvalue weighted by atomic mass is 16.5. The van der Waals surface area contributed by atoms with Gasteiger partial charge in [0.05, 0.1) is 18.3 Å². The van der Waals surface area contributed by atoms with Crippen LogP contribution in [0.25, 0.3) is 5.52 Å². The molecule has 4 rings (SSSR count). The molecule has 0 bridgehead atoms. The van der Waals surface area contributed by atoms with Crippen LogP contribution >= 0.6 is 0 Å². The van der Waals surface area contributed by atoms with Crippen LogP contribution in [0, 0.1) is 6.92 Å². The van der Waals surface area contributed by atoms with Gasteiger partial charge in [0, 0.05) is 30.8 Å². The summed E-state index contributed by atoms with van der Waals surface area (Å²) in [5.41, 5.74) is 3.77. The molecule has 0 unspecified atom stereocenters. The second-order valence-corrected chi connectivity index (χ2v) is 6.89. The van der Waals surface area contributed by atoms with Gasteiger partial charge in [0.1, 0.15) is 11.6 Å². The van der Waals surface area contributed by atoms with Crippen molar-refractivity contribution >= 4 is 5.52 Å². The fourth-order valence-electron chi connectivity index (χ4n) is 4.02. The summed E-state index contributed by atoms with van der Waals surface area (Å²) in [6.07, 6.45) is 4.53. The van der Waals surface area contributed by atoms with Crippen molar-refractivity contribution in [2.24, 2.45) is 0 Å². The molecule has 4 nitrogen and oxygen atoms in total. The van der Waals surface area contributed by atoms with Gasteiger partial charge in [-0.25, -0.2) is 4.98 Å². The average Bonchev–Trinajstić information content (AvgIpc) is 3.00. The number of likely N-dealkylation sites (tertiary alicyclic amines) is 1. The van der Waals surface area contributed by atoms with E-state index in [0.717, 1.165) is 31.2 Å². The number of benzene rings is 1. The number of methoxy groups -OCH3 is 1. The first kappa shape index (κ1) is 16.2. The first-order chi connectivity index (χ1) is 12.3. The molecule has 0 saturated carbocycles. The molecule has 130 valence electrons. The SMILES string of the molecule is COc1ccccc1CN1CCC[C@H](c2nc(C)n3ccccc23)C1. The van der Waals surface area contributed by atoms with Gasteiger partial charge in [0.2, 0.25) is 0 Å². The third kappa shape index (κ3) is 3.14. The largest absolute Gasteiger partial charge is 0.496 e. The number of hydrogen-bond acceptors (Lipinski definition) is 3. The summed E-state index contributed by atoms with van der Waals surface area (Å²) >= 11 is 0. The Morgan fingerprint density at radius 3 is 2.88 bits per heavy atom. The van der Waals surface area contributed by atoms with Crippen LogP contribution in [-0.4, -0.2) is 34.5 Å². The zero-order valence-corrected chi connectivity index (χ0v) is 15.0. The van der Waals surface area contributed by atoms with Crippen LogP contribution in [0.2, 0.25) is 0 Å². The zero-order chi connectivity index (χ0) is 17.2. The van der Waals surface area contributed by atoms with Gasteiger partial charge < -0.3 is 9.14 Å². The van der Waals surface area contributed by atoms with E-state index in [9.17, 15) is 0 Å². The summed E-state index contributed by atoms with van der Waals surface area (Å²) in [7, 11) is 1.75. The van der Waals surface area contributed by atoms with E-state index in [2.05, 4.69) is 52.8 Å². The number of nitrogens with zero attached hydrogens (tertiary/aromatic N) is 3. The predicted octanol–water partition coefficient (Wildman–Crippen LogP) is 4.03. The maximum atomic E-state index is 5.52. The van der Waals surface area contributed by atoms with Crippen molar-refractivity contribution in [1.82, 2.24) is 14.3 Å². The van der Waals surface area contributed by atoms with Crippen LogP contribution in [0.1, 0.15) is 35.8 Å². The summed E-state index contributed by atoms with van der Waals surface area (Å²) in [5.74, 6) is 2.55.